The van der Waals surface area contributed by atoms with Crippen LogP contribution in [-0.2, 0) is 22.6 Å². The predicted molar refractivity (Wildman–Crippen MR) is 158 cm³/mol. The van der Waals surface area contributed by atoms with E-state index < -0.39 is 30.1 Å². The summed E-state index contributed by atoms with van der Waals surface area (Å²) in [6.45, 7) is -0.251. The molecule has 4 aromatic carbocycles. The number of nitrogens with zero attached hydrogens (tertiary/aromatic N) is 1. The van der Waals surface area contributed by atoms with Gasteiger partial charge in [-0.1, -0.05) is 91.0 Å². The molecule has 3 atom stereocenters. The number of aliphatic hydroxyl groups excluding tert-OH is 1. The number of amides is 2. The van der Waals surface area contributed by atoms with E-state index in [1.165, 1.54) is 4.90 Å². The molecule has 5 rings (SSSR count). The Hall–Kier alpha value is -4.82. The van der Waals surface area contributed by atoms with E-state index in [4.69, 9.17) is 14.2 Å². The summed E-state index contributed by atoms with van der Waals surface area (Å²) in [6, 6.07) is 29.6. The van der Waals surface area contributed by atoms with Crippen molar-refractivity contribution in [1.82, 2.24) is 10.2 Å². The summed E-state index contributed by atoms with van der Waals surface area (Å²) in [5.41, 5.74) is 4.04. The SMILES string of the molecule is COc1cc2c(cc1OC)[C@@H](c1ccccc1)N(C(=O)OCc1ccccc1)[C@H](C(=O)N[C@@H](CO)c1ccccc1)C2. The first kappa shape index (κ1) is 28.7. The number of carbonyl (C=O) groups excluding carboxylic acids is 2. The second-order valence-electron chi connectivity index (χ2n) is 10.0. The molecule has 0 saturated heterocycles. The second kappa shape index (κ2) is 13.2. The highest BCUT2D eigenvalue weighted by Crippen LogP contribution is 2.43. The molecule has 0 fully saturated rings. The molecule has 42 heavy (non-hydrogen) atoms. The summed E-state index contributed by atoms with van der Waals surface area (Å²) in [4.78, 5) is 29.6. The Kier molecular flexibility index (Phi) is 9.04. The van der Waals surface area contributed by atoms with Crippen molar-refractivity contribution in [2.24, 2.45) is 0 Å². The van der Waals surface area contributed by atoms with Gasteiger partial charge in [0.05, 0.1) is 32.9 Å². The van der Waals surface area contributed by atoms with Crippen molar-refractivity contribution in [2.45, 2.75) is 31.2 Å². The number of benzene rings is 4. The lowest BCUT2D eigenvalue weighted by atomic mass is 9.84. The van der Waals surface area contributed by atoms with Crippen molar-refractivity contribution in [2.75, 3.05) is 20.8 Å². The Labute approximate surface area is 245 Å². The number of carbonyl (C=O) groups is 2. The van der Waals surface area contributed by atoms with Crippen LogP contribution >= 0.6 is 0 Å². The zero-order valence-electron chi connectivity index (χ0n) is 23.6. The molecule has 1 aliphatic rings. The Morgan fingerprint density at radius 2 is 1.48 bits per heavy atom. The number of nitrogens with one attached hydrogen (secondary N) is 1. The summed E-state index contributed by atoms with van der Waals surface area (Å²) in [7, 11) is 3.12. The van der Waals surface area contributed by atoms with Crippen LogP contribution in [0.25, 0.3) is 0 Å². The number of methoxy groups -OCH3 is 2. The van der Waals surface area contributed by atoms with Crippen LogP contribution in [0.5, 0.6) is 11.5 Å². The Bertz CT molecular complexity index is 1500. The third kappa shape index (κ3) is 6.09. The van der Waals surface area contributed by atoms with Crippen molar-refractivity contribution in [1.29, 1.82) is 0 Å². The highest BCUT2D eigenvalue weighted by Gasteiger charge is 2.44. The average molecular weight is 567 g/mol. The van der Waals surface area contributed by atoms with Crippen LogP contribution in [-0.4, -0.2) is 48.9 Å². The fraction of sp³-hybridized carbons (Fsp3) is 0.235. The largest absolute Gasteiger partial charge is 0.493 e. The molecule has 0 aromatic heterocycles. The summed E-state index contributed by atoms with van der Waals surface area (Å²) < 4.78 is 17.0. The van der Waals surface area contributed by atoms with Gasteiger partial charge in [0.15, 0.2) is 11.5 Å². The van der Waals surface area contributed by atoms with Gasteiger partial charge in [-0.25, -0.2) is 4.79 Å². The van der Waals surface area contributed by atoms with Gasteiger partial charge in [-0.2, -0.15) is 0 Å². The maximum Gasteiger partial charge on any atom is 0.411 e. The average Bonchev–Trinajstić information content (AvgIpc) is 3.05. The summed E-state index contributed by atoms with van der Waals surface area (Å²) in [5.74, 6) is 0.637. The molecule has 0 bridgehead atoms. The second-order valence-corrected chi connectivity index (χ2v) is 10.0. The normalized spacial score (nSPS) is 16.6. The van der Waals surface area contributed by atoms with E-state index in [1.807, 2.05) is 103 Å². The minimum absolute atomic E-state index is 0.0497. The first-order chi connectivity index (χ1) is 20.5. The van der Waals surface area contributed by atoms with Gasteiger partial charge in [-0.05, 0) is 39.9 Å². The maximum absolute atomic E-state index is 14.1. The smallest absolute Gasteiger partial charge is 0.411 e. The Morgan fingerprint density at radius 1 is 0.881 bits per heavy atom. The third-order valence-corrected chi connectivity index (χ3v) is 7.50. The highest BCUT2D eigenvalue weighted by atomic mass is 16.6. The van der Waals surface area contributed by atoms with Crippen LogP contribution in [0.2, 0.25) is 0 Å². The quantitative estimate of drug-likeness (QED) is 0.289. The third-order valence-electron chi connectivity index (χ3n) is 7.50. The number of hydrogen-bond acceptors (Lipinski definition) is 6. The Morgan fingerprint density at radius 3 is 2.10 bits per heavy atom. The molecule has 4 aromatic rings. The van der Waals surface area contributed by atoms with Crippen molar-refractivity contribution < 1.29 is 28.9 Å². The number of fused-ring (bicyclic) bond motifs is 1. The summed E-state index contributed by atoms with van der Waals surface area (Å²) in [6.07, 6.45) is -0.424. The molecule has 1 aliphatic heterocycles. The first-order valence-corrected chi connectivity index (χ1v) is 13.8. The highest BCUT2D eigenvalue weighted by molar-refractivity contribution is 5.87. The van der Waals surface area contributed by atoms with Crippen LogP contribution in [0.3, 0.4) is 0 Å². The molecule has 8 nitrogen and oxygen atoms in total. The number of hydrogen-bond donors (Lipinski definition) is 2. The van der Waals surface area contributed by atoms with E-state index in [1.54, 1.807) is 14.2 Å². The van der Waals surface area contributed by atoms with Gasteiger partial charge in [0.25, 0.3) is 0 Å². The minimum atomic E-state index is -0.943. The molecule has 8 heteroatoms. The fourth-order valence-electron chi connectivity index (χ4n) is 5.41. The van der Waals surface area contributed by atoms with Crippen LogP contribution in [0.4, 0.5) is 4.79 Å². The molecular formula is C34H34N2O6. The van der Waals surface area contributed by atoms with Crippen LogP contribution < -0.4 is 14.8 Å². The topological polar surface area (TPSA) is 97.3 Å². The van der Waals surface area contributed by atoms with Crippen molar-refractivity contribution in [3.8, 4) is 11.5 Å². The standard InChI is InChI=1S/C34H34N2O6/c1-40-30-19-26-18-29(33(38)35-28(21-37)24-14-8-4-9-15-24)36(34(39)42-22-23-12-6-3-7-13-23)32(25-16-10-5-11-17-25)27(26)20-31(30)41-2/h3-17,19-20,28-29,32,37H,18,21-22H2,1-2H3,(H,35,38)/t28-,29-,32+/m0/s1. The van der Waals surface area contributed by atoms with Gasteiger partial charge in [-0.15, -0.1) is 0 Å². The van der Waals surface area contributed by atoms with Gasteiger partial charge >= 0.3 is 6.09 Å². The lowest BCUT2D eigenvalue weighted by Gasteiger charge is -2.42. The molecule has 0 radical (unpaired) electrons. The number of ether oxygens (including phenoxy) is 3. The zero-order chi connectivity index (χ0) is 29.5. The van der Waals surface area contributed by atoms with Gasteiger partial charge in [-0.3, -0.25) is 9.69 Å². The first-order valence-electron chi connectivity index (χ1n) is 13.8. The van der Waals surface area contributed by atoms with E-state index in [-0.39, 0.29) is 19.6 Å². The maximum atomic E-state index is 14.1. The molecule has 0 spiro atoms. The van der Waals surface area contributed by atoms with Gasteiger partial charge in [0, 0.05) is 6.42 Å². The fourth-order valence-corrected chi connectivity index (χ4v) is 5.41. The summed E-state index contributed by atoms with van der Waals surface area (Å²) >= 11 is 0. The van der Waals surface area contributed by atoms with E-state index in [2.05, 4.69) is 5.32 Å². The molecular weight excluding hydrogens is 532 g/mol. The van der Waals surface area contributed by atoms with E-state index in [0.29, 0.717) is 11.5 Å². The zero-order valence-corrected chi connectivity index (χ0v) is 23.6. The monoisotopic (exact) mass is 566 g/mol. The molecule has 0 aliphatic carbocycles. The molecule has 1 heterocycles. The number of aliphatic hydroxyl groups is 1. The Balaban J connectivity index is 1.58. The summed E-state index contributed by atoms with van der Waals surface area (Å²) in [5, 5.41) is 13.1. The van der Waals surface area contributed by atoms with Gasteiger partial charge in [0.2, 0.25) is 5.91 Å². The van der Waals surface area contributed by atoms with Crippen LogP contribution in [0.15, 0.2) is 103 Å². The molecule has 216 valence electrons. The van der Waals surface area contributed by atoms with Crippen molar-refractivity contribution in [3.05, 3.63) is 131 Å². The molecule has 2 amide bonds. The van der Waals surface area contributed by atoms with Crippen molar-refractivity contribution in [3.63, 3.8) is 0 Å². The predicted octanol–water partition coefficient (Wildman–Crippen LogP) is 5.21. The molecule has 2 N–H and O–H groups in total. The van der Waals surface area contributed by atoms with Gasteiger partial charge in [0.1, 0.15) is 12.6 Å². The minimum Gasteiger partial charge on any atom is -0.493 e. The number of rotatable bonds is 9. The lowest BCUT2D eigenvalue weighted by Crippen LogP contribution is -2.55. The van der Waals surface area contributed by atoms with E-state index >= 15 is 0 Å². The van der Waals surface area contributed by atoms with Crippen LogP contribution in [0.1, 0.15) is 39.9 Å². The van der Waals surface area contributed by atoms with Crippen LogP contribution in [0, 0.1) is 0 Å². The molecule has 0 saturated carbocycles. The van der Waals surface area contributed by atoms with Crippen molar-refractivity contribution >= 4 is 12.0 Å². The molecule has 0 unspecified atom stereocenters. The van der Waals surface area contributed by atoms with E-state index in [0.717, 1.165) is 27.8 Å². The lowest BCUT2D eigenvalue weighted by molar-refractivity contribution is -0.128. The van der Waals surface area contributed by atoms with E-state index in [9.17, 15) is 14.7 Å². The van der Waals surface area contributed by atoms with Gasteiger partial charge < -0.3 is 24.6 Å².